The average molecular weight is 333 g/mol. The number of amides is 1. The molecule has 2 aromatic rings. The lowest BCUT2D eigenvalue weighted by Crippen LogP contribution is -2.14. The SMILES string of the molecule is Cc1cc(NS(=O)(=O)c2ccc3c(c2)NC(=O)CCO3)ccn1. The van der Waals surface area contributed by atoms with Crippen molar-refractivity contribution in [2.45, 2.75) is 18.2 Å². The van der Waals surface area contributed by atoms with Gasteiger partial charge >= 0.3 is 0 Å². The number of ether oxygens (including phenoxy) is 1. The number of aryl methyl sites for hydroxylation is 1. The Hall–Kier alpha value is -2.61. The molecule has 0 unspecified atom stereocenters. The van der Waals surface area contributed by atoms with Gasteiger partial charge in [-0.2, -0.15) is 0 Å². The van der Waals surface area contributed by atoms with Crippen LogP contribution in [-0.2, 0) is 14.8 Å². The van der Waals surface area contributed by atoms with Crippen LogP contribution in [0.5, 0.6) is 5.75 Å². The zero-order valence-electron chi connectivity index (χ0n) is 12.4. The number of anilines is 2. The fraction of sp³-hybridized carbons (Fsp3) is 0.200. The smallest absolute Gasteiger partial charge is 0.261 e. The highest BCUT2D eigenvalue weighted by atomic mass is 32.2. The number of nitrogens with zero attached hydrogens (tertiary/aromatic N) is 1. The third kappa shape index (κ3) is 3.42. The van der Waals surface area contributed by atoms with Gasteiger partial charge < -0.3 is 10.1 Å². The second-order valence-corrected chi connectivity index (χ2v) is 6.78. The van der Waals surface area contributed by atoms with Crippen LogP contribution in [0.1, 0.15) is 12.1 Å². The average Bonchev–Trinajstić information content (AvgIpc) is 2.66. The van der Waals surface area contributed by atoms with Crippen molar-refractivity contribution in [1.82, 2.24) is 4.98 Å². The Morgan fingerprint density at radius 1 is 1.26 bits per heavy atom. The molecule has 1 aliphatic rings. The number of sulfonamides is 1. The van der Waals surface area contributed by atoms with E-state index >= 15 is 0 Å². The molecule has 1 amide bonds. The second kappa shape index (κ2) is 5.88. The van der Waals surface area contributed by atoms with Gasteiger partial charge in [0.25, 0.3) is 10.0 Å². The van der Waals surface area contributed by atoms with Crippen LogP contribution in [0, 0.1) is 6.92 Å². The summed E-state index contributed by atoms with van der Waals surface area (Å²) in [4.78, 5) is 15.6. The molecular formula is C15H15N3O4S. The Morgan fingerprint density at radius 2 is 2.09 bits per heavy atom. The van der Waals surface area contributed by atoms with E-state index in [0.717, 1.165) is 0 Å². The summed E-state index contributed by atoms with van der Waals surface area (Å²) in [6, 6.07) is 7.56. The first kappa shape index (κ1) is 15.3. The van der Waals surface area contributed by atoms with E-state index in [1.165, 1.54) is 24.4 Å². The lowest BCUT2D eigenvalue weighted by Gasteiger charge is -2.11. The van der Waals surface area contributed by atoms with Crippen molar-refractivity contribution in [2.75, 3.05) is 16.6 Å². The van der Waals surface area contributed by atoms with E-state index in [9.17, 15) is 13.2 Å². The van der Waals surface area contributed by atoms with Crippen molar-refractivity contribution in [3.8, 4) is 5.75 Å². The molecule has 8 heteroatoms. The van der Waals surface area contributed by atoms with E-state index in [4.69, 9.17) is 4.74 Å². The van der Waals surface area contributed by atoms with E-state index in [-0.39, 0.29) is 23.8 Å². The van der Waals surface area contributed by atoms with Gasteiger partial charge in [-0.05, 0) is 37.3 Å². The standard InChI is InChI=1S/C15H15N3O4S/c1-10-8-11(4-6-16-10)18-23(20,21)12-2-3-14-13(9-12)17-15(19)5-7-22-14/h2-4,6,8-9H,5,7H2,1H3,(H,16,18)(H,17,19). The molecule has 1 aliphatic heterocycles. The highest BCUT2D eigenvalue weighted by Crippen LogP contribution is 2.30. The van der Waals surface area contributed by atoms with Crippen LogP contribution in [0.15, 0.2) is 41.4 Å². The van der Waals surface area contributed by atoms with E-state index < -0.39 is 10.0 Å². The van der Waals surface area contributed by atoms with Gasteiger partial charge in [-0.15, -0.1) is 0 Å². The first-order chi connectivity index (χ1) is 10.9. The van der Waals surface area contributed by atoms with Gasteiger partial charge in [-0.3, -0.25) is 14.5 Å². The Balaban J connectivity index is 1.93. The fourth-order valence-electron chi connectivity index (χ4n) is 2.19. The first-order valence-corrected chi connectivity index (χ1v) is 8.44. The van der Waals surface area contributed by atoms with Crippen LogP contribution in [0.4, 0.5) is 11.4 Å². The molecule has 0 bridgehead atoms. The van der Waals surface area contributed by atoms with Crippen LogP contribution in [0.25, 0.3) is 0 Å². The predicted molar refractivity (Wildman–Crippen MR) is 85.0 cm³/mol. The monoisotopic (exact) mass is 333 g/mol. The van der Waals surface area contributed by atoms with Gasteiger partial charge in [0.2, 0.25) is 5.91 Å². The van der Waals surface area contributed by atoms with Gasteiger partial charge in [0, 0.05) is 11.9 Å². The molecule has 23 heavy (non-hydrogen) atoms. The number of nitrogens with one attached hydrogen (secondary N) is 2. The summed E-state index contributed by atoms with van der Waals surface area (Å²) in [6.45, 7) is 2.03. The van der Waals surface area contributed by atoms with E-state index in [1.807, 2.05) is 0 Å². The normalized spacial score (nSPS) is 14.2. The minimum atomic E-state index is -3.78. The van der Waals surface area contributed by atoms with Crippen LogP contribution in [0.3, 0.4) is 0 Å². The van der Waals surface area contributed by atoms with Gasteiger partial charge in [0.15, 0.2) is 0 Å². The summed E-state index contributed by atoms with van der Waals surface area (Å²) in [7, 11) is -3.78. The molecule has 0 spiro atoms. The van der Waals surface area contributed by atoms with Crippen LogP contribution < -0.4 is 14.8 Å². The van der Waals surface area contributed by atoms with E-state index in [1.54, 1.807) is 19.1 Å². The minimum Gasteiger partial charge on any atom is -0.491 e. The number of hydrogen-bond donors (Lipinski definition) is 2. The number of fused-ring (bicyclic) bond motifs is 1. The summed E-state index contributed by atoms with van der Waals surface area (Å²) in [5.41, 5.74) is 1.47. The lowest BCUT2D eigenvalue weighted by atomic mass is 10.3. The third-order valence-electron chi connectivity index (χ3n) is 3.27. The molecule has 2 heterocycles. The zero-order valence-corrected chi connectivity index (χ0v) is 13.2. The molecule has 1 aromatic heterocycles. The zero-order chi connectivity index (χ0) is 16.4. The number of rotatable bonds is 3. The molecule has 0 radical (unpaired) electrons. The Kier molecular flexibility index (Phi) is 3.91. The fourth-order valence-corrected chi connectivity index (χ4v) is 3.26. The first-order valence-electron chi connectivity index (χ1n) is 6.96. The Morgan fingerprint density at radius 3 is 2.87 bits per heavy atom. The molecule has 0 saturated heterocycles. The van der Waals surface area contributed by atoms with Gasteiger partial charge in [0.05, 0.1) is 29.3 Å². The summed E-state index contributed by atoms with van der Waals surface area (Å²) in [6.07, 6.45) is 1.75. The predicted octanol–water partition coefficient (Wildman–Crippen LogP) is 1.91. The number of hydrogen-bond acceptors (Lipinski definition) is 5. The van der Waals surface area contributed by atoms with E-state index in [2.05, 4.69) is 15.0 Å². The van der Waals surface area contributed by atoms with Crippen molar-refractivity contribution in [3.05, 3.63) is 42.2 Å². The van der Waals surface area contributed by atoms with Gasteiger partial charge in [-0.25, -0.2) is 8.42 Å². The van der Waals surface area contributed by atoms with Crippen molar-refractivity contribution in [3.63, 3.8) is 0 Å². The Bertz CT molecular complexity index is 865. The summed E-state index contributed by atoms with van der Waals surface area (Å²) in [5.74, 6) is 0.241. The maximum atomic E-state index is 12.5. The molecule has 0 atom stereocenters. The highest BCUT2D eigenvalue weighted by molar-refractivity contribution is 7.92. The maximum Gasteiger partial charge on any atom is 0.261 e. The molecule has 0 aliphatic carbocycles. The van der Waals surface area contributed by atoms with Crippen molar-refractivity contribution in [2.24, 2.45) is 0 Å². The molecule has 1 aromatic carbocycles. The molecule has 0 saturated carbocycles. The van der Waals surface area contributed by atoms with Crippen molar-refractivity contribution in [1.29, 1.82) is 0 Å². The number of aromatic nitrogens is 1. The number of pyridine rings is 1. The molecule has 0 fully saturated rings. The number of carbonyl (C=O) groups excluding carboxylic acids is 1. The number of carbonyl (C=O) groups is 1. The summed E-state index contributed by atoms with van der Waals surface area (Å²) >= 11 is 0. The Labute approximate surface area is 133 Å². The topological polar surface area (TPSA) is 97.4 Å². The van der Waals surface area contributed by atoms with Crippen molar-refractivity contribution < 1.29 is 17.9 Å². The summed E-state index contributed by atoms with van der Waals surface area (Å²) < 4.78 is 32.9. The maximum absolute atomic E-state index is 12.5. The lowest BCUT2D eigenvalue weighted by molar-refractivity contribution is -0.116. The summed E-state index contributed by atoms with van der Waals surface area (Å²) in [5, 5.41) is 2.64. The van der Waals surface area contributed by atoms with Crippen LogP contribution in [-0.4, -0.2) is 25.9 Å². The highest BCUT2D eigenvalue weighted by Gasteiger charge is 2.20. The molecule has 7 nitrogen and oxygen atoms in total. The molecular weight excluding hydrogens is 318 g/mol. The van der Waals surface area contributed by atoms with Crippen LogP contribution in [0.2, 0.25) is 0 Å². The molecule has 3 rings (SSSR count). The van der Waals surface area contributed by atoms with Crippen LogP contribution >= 0.6 is 0 Å². The molecule has 2 N–H and O–H groups in total. The number of benzene rings is 1. The third-order valence-corrected chi connectivity index (χ3v) is 4.65. The van der Waals surface area contributed by atoms with Crippen molar-refractivity contribution >= 4 is 27.3 Å². The molecule has 120 valence electrons. The second-order valence-electron chi connectivity index (χ2n) is 5.10. The largest absolute Gasteiger partial charge is 0.491 e. The quantitative estimate of drug-likeness (QED) is 0.894. The van der Waals surface area contributed by atoms with Gasteiger partial charge in [-0.1, -0.05) is 0 Å². The van der Waals surface area contributed by atoms with E-state index in [0.29, 0.717) is 22.8 Å². The van der Waals surface area contributed by atoms with Gasteiger partial charge in [0.1, 0.15) is 5.75 Å². The minimum absolute atomic E-state index is 0.0384.